The van der Waals surface area contributed by atoms with Crippen LogP contribution >= 0.6 is 0 Å². The highest BCUT2D eigenvalue weighted by molar-refractivity contribution is 4.66. The molecule has 1 atom stereocenters. The van der Waals surface area contributed by atoms with Gasteiger partial charge in [-0.1, -0.05) is 32.6 Å². The van der Waals surface area contributed by atoms with Crippen LogP contribution in [0.15, 0.2) is 0 Å². The Bertz CT molecular complexity index is 123. The summed E-state index contributed by atoms with van der Waals surface area (Å²) in [5, 5.41) is 8.50. The fourth-order valence-electron chi connectivity index (χ4n) is 1.18. The largest absolute Gasteiger partial charge is 0.396 e. The Balaban J connectivity index is 3.61. The van der Waals surface area contributed by atoms with Gasteiger partial charge in [0, 0.05) is 0 Å². The van der Waals surface area contributed by atoms with E-state index in [9.17, 15) is 13.2 Å². The molecule has 0 aromatic heterocycles. The molecule has 0 rings (SSSR count). The van der Waals surface area contributed by atoms with Crippen molar-refractivity contribution < 1.29 is 18.3 Å². The summed E-state index contributed by atoms with van der Waals surface area (Å²) in [5.41, 5.74) is 0. The molecule has 80 valence electrons. The first-order chi connectivity index (χ1) is 6.02. The van der Waals surface area contributed by atoms with Gasteiger partial charge in [0.05, 0.1) is 12.5 Å². The highest BCUT2D eigenvalue weighted by Gasteiger charge is 2.38. The molecule has 0 saturated carbocycles. The summed E-state index contributed by atoms with van der Waals surface area (Å²) in [7, 11) is 0. The predicted molar refractivity (Wildman–Crippen MR) is 45.4 cm³/mol. The van der Waals surface area contributed by atoms with Crippen molar-refractivity contribution in [1.82, 2.24) is 0 Å². The van der Waals surface area contributed by atoms with E-state index in [1.54, 1.807) is 0 Å². The molecule has 0 heterocycles. The molecule has 1 unspecified atom stereocenters. The van der Waals surface area contributed by atoms with Crippen LogP contribution in [0.1, 0.15) is 39.0 Å². The second-order valence-corrected chi connectivity index (χ2v) is 3.27. The molecule has 0 aromatic rings. The Morgan fingerprint density at radius 2 is 1.77 bits per heavy atom. The van der Waals surface area contributed by atoms with Gasteiger partial charge in [-0.2, -0.15) is 13.2 Å². The summed E-state index contributed by atoms with van der Waals surface area (Å²) in [4.78, 5) is 0. The van der Waals surface area contributed by atoms with E-state index in [2.05, 4.69) is 0 Å². The van der Waals surface area contributed by atoms with Crippen LogP contribution in [0.3, 0.4) is 0 Å². The van der Waals surface area contributed by atoms with E-state index in [4.69, 9.17) is 5.11 Å². The van der Waals surface area contributed by atoms with E-state index in [0.29, 0.717) is 6.42 Å². The molecule has 0 aromatic carbocycles. The Hall–Kier alpha value is -0.250. The van der Waals surface area contributed by atoms with E-state index >= 15 is 0 Å². The molecule has 0 bridgehead atoms. The number of aliphatic hydroxyl groups excluding tert-OH is 1. The maximum atomic E-state index is 12.1. The van der Waals surface area contributed by atoms with Gasteiger partial charge >= 0.3 is 6.18 Å². The van der Waals surface area contributed by atoms with Crippen molar-refractivity contribution >= 4 is 0 Å². The van der Waals surface area contributed by atoms with Crippen molar-refractivity contribution in [1.29, 1.82) is 0 Å². The van der Waals surface area contributed by atoms with E-state index in [1.807, 2.05) is 6.92 Å². The number of hydrogen-bond acceptors (Lipinski definition) is 1. The maximum absolute atomic E-state index is 12.1. The SMILES string of the molecule is CCCCCCC(CO)C(F)(F)F. The highest BCUT2D eigenvalue weighted by Crippen LogP contribution is 2.29. The van der Waals surface area contributed by atoms with Crippen molar-refractivity contribution in [3.8, 4) is 0 Å². The molecular weight excluding hydrogens is 181 g/mol. The monoisotopic (exact) mass is 198 g/mol. The number of halogens is 3. The summed E-state index contributed by atoms with van der Waals surface area (Å²) >= 11 is 0. The van der Waals surface area contributed by atoms with Gasteiger partial charge in [0.25, 0.3) is 0 Å². The minimum atomic E-state index is -4.24. The summed E-state index contributed by atoms with van der Waals surface area (Å²) in [6.45, 7) is 1.23. The van der Waals surface area contributed by atoms with Gasteiger partial charge in [-0.15, -0.1) is 0 Å². The molecule has 0 amide bonds. The van der Waals surface area contributed by atoms with Crippen molar-refractivity contribution in [2.45, 2.75) is 45.2 Å². The average Bonchev–Trinajstić information content (AvgIpc) is 2.02. The standard InChI is InChI=1S/C9H17F3O/c1-2-3-4-5-6-8(7-13)9(10,11)12/h8,13H,2-7H2,1H3. The number of hydrogen-bond donors (Lipinski definition) is 1. The van der Waals surface area contributed by atoms with Gasteiger partial charge in [-0.3, -0.25) is 0 Å². The molecule has 0 aliphatic rings. The van der Waals surface area contributed by atoms with Crippen LogP contribution in [0.25, 0.3) is 0 Å². The molecule has 0 saturated heterocycles. The fourth-order valence-corrected chi connectivity index (χ4v) is 1.18. The van der Waals surface area contributed by atoms with Gasteiger partial charge in [0.2, 0.25) is 0 Å². The molecule has 4 heteroatoms. The first kappa shape index (κ1) is 12.8. The normalized spacial score (nSPS) is 14.5. The molecule has 0 aliphatic carbocycles. The second kappa shape index (κ2) is 6.24. The first-order valence-electron chi connectivity index (χ1n) is 4.70. The zero-order chi connectivity index (χ0) is 10.3. The molecule has 1 nitrogen and oxygen atoms in total. The molecular formula is C9H17F3O. The van der Waals surface area contributed by atoms with Crippen molar-refractivity contribution in [2.24, 2.45) is 5.92 Å². The minimum absolute atomic E-state index is 0.0556. The third-order valence-corrected chi connectivity index (χ3v) is 2.09. The summed E-state index contributed by atoms with van der Waals surface area (Å²) < 4.78 is 36.2. The number of alkyl halides is 3. The van der Waals surface area contributed by atoms with Gasteiger partial charge in [0.15, 0.2) is 0 Å². The van der Waals surface area contributed by atoms with Gasteiger partial charge in [-0.25, -0.2) is 0 Å². The van der Waals surface area contributed by atoms with E-state index < -0.39 is 18.7 Å². The summed E-state index contributed by atoms with van der Waals surface area (Å²) in [6, 6.07) is 0. The van der Waals surface area contributed by atoms with Gasteiger partial charge in [0.1, 0.15) is 0 Å². The van der Waals surface area contributed by atoms with Crippen LogP contribution in [-0.2, 0) is 0 Å². The van der Waals surface area contributed by atoms with E-state index in [-0.39, 0.29) is 6.42 Å². The van der Waals surface area contributed by atoms with Crippen LogP contribution < -0.4 is 0 Å². The Morgan fingerprint density at radius 1 is 1.15 bits per heavy atom. The zero-order valence-corrected chi connectivity index (χ0v) is 7.90. The van der Waals surface area contributed by atoms with Crippen LogP contribution in [0, 0.1) is 5.92 Å². The Morgan fingerprint density at radius 3 is 2.15 bits per heavy atom. The van der Waals surface area contributed by atoms with Crippen LogP contribution in [0.5, 0.6) is 0 Å². The Labute approximate surface area is 76.9 Å². The predicted octanol–water partition coefficient (Wildman–Crippen LogP) is 3.13. The van der Waals surface area contributed by atoms with Crippen molar-refractivity contribution in [3.05, 3.63) is 0 Å². The first-order valence-corrected chi connectivity index (χ1v) is 4.70. The molecule has 13 heavy (non-hydrogen) atoms. The lowest BCUT2D eigenvalue weighted by molar-refractivity contribution is -0.185. The van der Waals surface area contributed by atoms with Gasteiger partial charge < -0.3 is 5.11 Å². The molecule has 0 fully saturated rings. The van der Waals surface area contributed by atoms with Crippen LogP contribution in [0.2, 0.25) is 0 Å². The third-order valence-electron chi connectivity index (χ3n) is 2.09. The number of aliphatic hydroxyl groups is 1. The Kier molecular flexibility index (Phi) is 6.12. The van der Waals surface area contributed by atoms with Crippen molar-refractivity contribution in [2.75, 3.05) is 6.61 Å². The van der Waals surface area contributed by atoms with E-state index in [1.165, 1.54) is 0 Å². The van der Waals surface area contributed by atoms with Crippen LogP contribution in [-0.4, -0.2) is 17.9 Å². The van der Waals surface area contributed by atoms with Gasteiger partial charge in [-0.05, 0) is 6.42 Å². The lowest BCUT2D eigenvalue weighted by atomic mass is 10.0. The van der Waals surface area contributed by atoms with Crippen LogP contribution in [0.4, 0.5) is 13.2 Å². The maximum Gasteiger partial charge on any atom is 0.394 e. The quantitative estimate of drug-likeness (QED) is 0.650. The number of rotatable bonds is 6. The minimum Gasteiger partial charge on any atom is -0.396 e. The molecule has 0 spiro atoms. The highest BCUT2D eigenvalue weighted by atomic mass is 19.4. The lowest BCUT2D eigenvalue weighted by Crippen LogP contribution is -2.26. The topological polar surface area (TPSA) is 20.2 Å². The zero-order valence-electron chi connectivity index (χ0n) is 7.90. The summed E-state index contributed by atoms with van der Waals surface area (Å²) in [6.07, 6.45) is -0.825. The van der Waals surface area contributed by atoms with E-state index in [0.717, 1.165) is 19.3 Å². The molecule has 1 N–H and O–H groups in total. The average molecular weight is 198 g/mol. The lowest BCUT2D eigenvalue weighted by Gasteiger charge is -2.17. The number of unbranched alkanes of at least 4 members (excludes halogenated alkanes) is 3. The summed E-state index contributed by atoms with van der Waals surface area (Å²) in [5.74, 6) is -1.52. The van der Waals surface area contributed by atoms with Crippen molar-refractivity contribution in [3.63, 3.8) is 0 Å². The fraction of sp³-hybridized carbons (Fsp3) is 1.00. The molecule has 0 aliphatic heterocycles. The third kappa shape index (κ3) is 5.91. The smallest absolute Gasteiger partial charge is 0.394 e. The second-order valence-electron chi connectivity index (χ2n) is 3.27. The molecule has 0 radical (unpaired) electrons.